The molecule has 3 heteroatoms. The van der Waals surface area contributed by atoms with E-state index >= 15 is 0 Å². The second kappa shape index (κ2) is 5.49. The summed E-state index contributed by atoms with van der Waals surface area (Å²) in [4.78, 5) is 16.6. The number of aryl methyl sites for hydroxylation is 2. The van der Waals surface area contributed by atoms with Gasteiger partial charge in [-0.25, -0.2) is 0 Å². The fraction of sp³-hybridized carbons (Fsp3) is 0.278. The van der Waals surface area contributed by atoms with E-state index in [4.69, 9.17) is 0 Å². The molecule has 108 valence electrons. The van der Waals surface area contributed by atoms with Gasteiger partial charge in [0, 0.05) is 22.2 Å². The van der Waals surface area contributed by atoms with Crippen molar-refractivity contribution >= 4 is 17.2 Å². The lowest BCUT2D eigenvalue weighted by Gasteiger charge is -2.33. The Morgan fingerprint density at radius 1 is 1.33 bits per heavy atom. The molecule has 2 aromatic rings. The van der Waals surface area contributed by atoms with Gasteiger partial charge >= 0.3 is 0 Å². The van der Waals surface area contributed by atoms with Crippen molar-refractivity contribution in [1.29, 1.82) is 0 Å². The number of benzene rings is 1. The van der Waals surface area contributed by atoms with Gasteiger partial charge in [0.1, 0.15) is 0 Å². The molecule has 0 aliphatic carbocycles. The molecule has 3 rings (SSSR count). The standard InChI is InChI=1S/C18H19NOS/c1-4-18(20)19-10-16(14-8-6-5-7-12(14)2)15-9-13(3)21-17(15)11-19/h4-9,16H,1,10-11H2,2-3H3/t16-/m0/s1. The van der Waals surface area contributed by atoms with Gasteiger partial charge in [-0.3, -0.25) is 4.79 Å². The Labute approximate surface area is 129 Å². The number of fused-ring (bicyclic) bond motifs is 1. The highest BCUT2D eigenvalue weighted by molar-refractivity contribution is 7.12. The summed E-state index contributed by atoms with van der Waals surface area (Å²) in [5.74, 6) is 0.286. The molecule has 1 aromatic heterocycles. The molecule has 0 bridgehead atoms. The van der Waals surface area contributed by atoms with Gasteiger partial charge in [0.25, 0.3) is 0 Å². The Hall–Kier alpha value is -1.87. The summed E-state index contributed by atoms with van der Waals surface area (Å²) in [6.07, 6.45) is 1.42. The van der Waals surface area contributed by atoms with Crippen molar-refractivity contribution in [3.05, 3.63) is 69.4 Å². The van der Waals surface area contributed by atoms with Crippen LogP contribution in [-0.2, 0) is 11.3 Å². The summed E-state index contributed by atoms with van der Waals surface area (Å²) in [5, 5.41) is 0. The average Bonchev–Trinajstić information content (AvgIpc) is 2.86. The second-order valence-corrected chi connectivity index (χ2v) is 6.91. The van der Waals surface area contributed by atoms with Crippen molar-refractivity contribution < 1.29 is 4.79 Å². The zero-order chi connectivity index (χ0) is 15.0. The highest BCUT2D eigenvalue weighted by atomic mass is 32.1. The molecule has 0 spiro atoms. The largest absolute Gasteiger partial charge is 0.333 e. The van der Waals surface area contributed by atoms with Crippen LogP contribution in [0, 0.1) is 13.8 Å². The van der Waals surface area contributed by atoms with Gasteiger partial charge in [0.05, 0.1) is 6.54 Å². The van der Waals surface area contributed by atoms with Gasteiger partial charge in [-0.1, -0.05) is 30.8 Å². The SMILES string of the molecule is C=CC(=O)N1Cc2sc(C)cc2[C@H](c2ccccc2C)C1. The number of amides is 1. The van der Waals surface area contributed by atoms with E-state index in [1.54, 1.807) is 11.3 Å². The fourth-order valence-electron chi connectivity index (χ4n) is 3.10. The maximum atomic E-state index is 12.1. The van der Waals surface area contributed by atoms with Crippen molar-refractivity contribution in [3.8, 4) is 0 Å². The van der Waals surface area contributed by atoms with Crippen molar-refractivity contribution in [2.45, 2.75) is 26.3 Å². The molecular formula is C18H19NOS. The first-order chi connectivity index (χ1) is 10.1. The normalized spacial score (nSPS) is 17.4. The van der Waals surface area contributed by atoms with Crippen molar-refractivity contribution in [2.75, 3.05) is 6.54 Å². The third-order valence-electron chi connectivity index (χ3n) is 4.13. The molecule has 1 aromatic carbocycles. The van der Waals surface area contributed by atoms with E-state index in [2.05, 4.69) is 50.8 Å². The average molecular weight is 297 g/mol. The van der Waals surface area contributed by atoms with Crippen molar-refractivity contribution in [2.24, 2.45) is 0 Å². The maximum absolute atomic E-state index is 12.1. The van der Waals surface area contributed by atoms with E-state index in [9.17, 15) is 4.79 Å². The van der Waals surface area contributed by atoms with Crippen LogP contribution in [0.4, 0.5) is 0 Å². The third-order valence-corrected chi connectivity index (χ3v) is 5.18. The lowest BCUT2D eigenvalue weighted by atomic mass is 9.86. The number of nitrogens with zero attached hydrogens (tertiary/aromatic N) is 1. The Bertz CT molecular complexity index is 701. The van der Waals surface area contributed by atoms with Crippen LogP contribution in [0.5, 0.6) is 0 Å². The first kappa shape index (κ1) is 14.1. The van der Waals surface area contributed by atoms with Crippen LogP contribution in [0.15, 0.2) is 43.0 Å². The van der Waals surface area contributed by atoms with Gasteiger partial charge in [0.15, 0.2) is 0 Å². The van der Waals surface area contributed by atoms with Gasteiger partial charge < -0.3 is 4.90 Å². The van der Waals surface area contributed by atoms with Crippen molar-refractivity contribution in [1.82, 2.24) is 4.90 Å². The molecule has 21 heavy (non-hydrogen) atoms. The number of hydrogen-bond donors (Lipinski definition) is 0. The van der Waals surface area contributed by atoms with Crippen LogP contribution in [0.3, 0.4) is 0 Å². The molecule has 1 amide bonds. The van der Waals surface area contributed by atoms with Crippen LogP contribution in [0.25, 0.3) is 0 Å². The minimum Gasteiger partial charge on any atom is -0.333 e. The van der Waals surface area contributed by atoms with E-state index in [1.165, 1.54) is 32.5 Å². The number of carbonyl (C=O) groups is 1. The van der Waals surface area contributed by atoms with Gasteiger partial charge in [0.2, 0.25) is 5.91 Å². The van der Waals surface area contributed by atoms with E-state index in [0.717, 1.165) is 6.54 Å². The van der Waals surface area contributed by atoms with Gasteiger partial charge in [-0.05, 0) is 42.7 Å². The topological polar surface area (TPSA) is 20.3 Å². The number of hydrogen-bond acceptors (Lipinski definition) is 2. The first-order valence-corrected chi connectivity index (χ1v) is 7.98. The molecule has 0 radical (unpaired) electrons. The highest BCUT2D eigenvalue weighted by Gasteiger charge is 2.30. The number of carbonyl (C=O) groups excluding carboxylic acids is 1. The maximum Gasteiger partial charge on any atom is 0.246 e. The quantitative estimate of drug-likeness (QED) is 0.767. The lowest BCUT2D eigenvalue weighted by molar-refractivity contribution is -0.127. The summed E-state index contributed by atoms with van der Waals surface area (Å²) >= 11 is 1.80. The molecule has 2 heterocycles. The molecule has 0 saturated heterocycles. The van der Waals surface area contributed by atoms with Gasteiger partial charge in [-0.15, -0.1) is 11.3 Å². The van der Waals surface area contributed by atoms with E-state index < -0.39 is 0 Å². The minimum atomic E-state index is 0.0188. The van der Waals surface area contributed by atoms with E-state index in [0.29, 0.717) is 6.54 Å². The third kappa shape index (κ3) is 2.54. The number of thiophene rings is 1. The minimum absolute atomic E-state index is 0.0188. The summed E-state index contributed by atoms with van der Waals surface area (Å²) in [6.45, 7) is 9.35. The highest BCUT2D eigenvalue weighted by Crippen LogP contribution is 2.39. The second-order valence-electron chi connectivity index (χ2n) is 5.57. The molecule has 1 aliphatic heterocycles. The summed E-state index contributed by atoms with van der Waals surface area (Å²) < 4.78 is 0. The summed E-state index contributed by atoms with van der Waals surface area (Å²) in [5.41, 5.74) is 3.99. The first-order valence-electron chi connectivity index (χ1n) is 7.16. The lowest BCUT2D eigenvalue weighted by Crippen LogP contribution is -2.37. The zero-order valence-electron chi connectivity index (χ0n) is 12.4. The molecule has 0 saturated carbocycles. The van der Waals surface area contributed by atoms with Crippen LogP contribution in [-0.4, -0.2) is 17.4 Å². The summed E-state index contributed by atoms with van der Waals surface area (Å²) in [7, 11) is 0. The number of rotatable bonds is 2. The predicted molar refractivity (Wildman–Crippen MR) is 87.7 cm³/mol. The zero-order valence-corrected chi connectivity index (χ0v) is 13.2. The molecule has 1 atom stereocenters. The predicted octanol–water partition coefficient (Wildman–Crippen LogP) is 4.03. The molecule has 2 nitrogen and oxygen atoms in total. The van der Waals surface area contributed by atoms with E-state index in [-0.39, 0.29) is 11.8 Å². The van der Waals surface area contributed by atoms with Crippen LogP contribution >= 0.6 is 11.3 Å². The Morgan fingerprint density at radius 2 is 2.10 bits per heavy atom. The van der Waals surface area contributed by atoms with Crippen LogP contribution in [0.1, 0.15) is 32.4 Å². The molecule has 0 N–H and O–H groups in total. The van der Waals surface area contributed by atoms with Crippen LogP contribution in [0.2, 0.25) is 0 Å². The Balaban J connectivity index is 2.08. The Morgan fingerprint density at radius 3 is 2.81 bits per heavy atom. The fourth-order valence-corrected chi connectivity index (χ4v) is 4.21. The smallest absolute Gasteiger partial charge is 0.246 e. The van der Waals surface area contributed by atoms with Gasteiger partial charge in [-0.2, -0.15) is 0 Å². The Kier molecular flexibility index (Phi) is 3.68. The molecule has 0 unspecified atom stereocenters. The van der Waals surface area contributed by atoms with E-state index in [1.807, 2.05) is 4.90 Å². The summed E-state index contributed by atoms with van der Waals surface area (Å²) in [6, 6.07) is 10.7. The molecule has 1 aliphatic rings. The van der Waals surface area contributed by atoms with Crippen LogP contribution < -0.4 is 0 Å². The van der Waals surface area contributed by atoms with Crippen molar-refractivity contribution in [3.63, 3.8) is 0 Å². The monoisotopic (exact) mass is 297 g/mol. The molecule has 0 fully saturated rings. The molecular weight excluding hydrogens is 278 g/mol.